The van der Waals surface area contributed by atoms with Crippen LogP contribution in [0.5, 0.6) is 0 Å². The summed E-state index contributed by atoms with van der Waals surface area (Å²) in [5.41, 5.74) is 4.34. The summed E-state index contributed by atoms with van der Waals surface area (Å²) in [5.74, 6) is -0.0848. The Kier molecular flexibility index (Phi) is 9.37. The van der Waals surface area contributed by atoms with Gasteiger partial charge in [0.05, 0.1) is 12.6 Å². The summed E-state index contributed by atoms with van der Waals surface area (Å²) in [7, 11) is 0. The SMILES string of the molecule is O=C(CCc1ccccc1Cl)NC[C@@H](Cc1c[nH]c2ccccc12)NC(=O)CN1CCN(c2ccccc2)CC1. The molecule has 1 aliphatic heterocycles. The number of para-hydroxylation sites is 2. The number of carbonyl (C=O) groups is 2. The Morgan fingerprint density at radius 1 is 0.850 bits per heavy atom. The lowest BCUT2D eigenvalue weighted by atomic mass is 10.0. The minimum atomic E-state index is -0.235. The number of hydrogen-bond donors (Lipinski definition) is 3. The molecule has 0 radical (unpaired) electrons. The molecule has 0 aliphatic carbocycles. The van der Waals surface area contributed by atoms with Crippen molar-refractivity contribution in [2.45, 2.75) is 25.3 Å². The average Bonchev–Trinajstić information content (AvgIpc) is 3.39. The molecule has 40 heavy (non-hydrogen) atoms. The van der Waals surface area contributed by atoms with Crippen LogP contribution < -0.4 is 15.5 Å². The van der Waals surface area contributed by atoms with Crippen LogP contribution in [0.3, 0.4) is 0 Å². The maximum absolute atomic E-state index is 13.2. The number of hydrogen-bond acceptors (Lipinski definition) is 4. The molecule has 0 saturated carbocycles. The van der Waals surface area contributed by atoms with E-state index in [2.05, 4.69) is 55.7 Å². The van der Waals surface area contributed by atoms with Crippen molar-refractivity contribution in [2.75, 3.05) is 44.2 Å². The second-order valence-electron chi connectivity index (χ2n) is 10.3. The lowest BCUT2D eigenvalue weighted by Gasteiger charge is -2.36. The molecule has 0 spiro atoms. The van der Waals surface area contributed by atoms with Crippen molar-refractivity contribution < 1.29 is 9.59 Å². The summed E-state index contributed by atoms with van der Waals surface area (Å²) in [6, 6.07) is 25.9. The molecular weight excluding hydrogens is 522 g/mol. The highest BCUT2D eigenvalue weighted by atomic mass is 35.5. The van der Waals surface area contributed by atoms with Crippen LogP contribution in [0.15, 0.2) is 85.1 Å². The van der Waals surface area contributed by atoms with Crippen LogP contribution in [0.1, 0.15) is 17.5 Å². The van der Waals surface area contributed by atoms with Gasteiger partial charge in [-0.15, -0.1) is 0 Å². The molecule has 3 N–H and O–H groups in total. The van der Waals surface area contributed by atoms with E-state index in [0.717, 1.165) is 48.2 Å². The maximum Gasteiger partial charge on any atom is 0.234 e. The van der Waals surface area contributed by atoms with Crippen molar-refractivity contribution in [3.05, 3.63) is 101 Å². The Morgan fingerprint density at radius 3 is 2.38 bits per heavy atom. The molecule has 4 aromatic rings. The van der Waals surface area contributed by atoms with Gasteiger partial charge in [0.15, 0.2) is 0 Å². The van der Waals surface area contributed by atoms with Crippen molar-refractivity contribution in [3.8, 4) is 0 Å². The number of aromatic amines is 1. The number of aryl methyl sites for hydroxylation is 1. The van der Waals surface area contributed by atoms with E-state index < -0.39 is 0 Å². The first-order valence-electron chi connectivity index (χ1n) is 13.9. The number of nitrogens with zero attached hydrogens (tertiary/aromatic N) is 2. The van der Waals surface area contributed by atoms with Gasteiger partial charge in [-0.1, -0.05) is 66.2 Å². The van der Waals surface area contributed by atoms with Crippen LogP contribution in [0.25, 0.3) is 10.9 Å². The fraction of sp³-hybridized carbons (Fsp3) is 0.312. The summed E-state index contributed by atoms with van der Waals surface area (Å²) < 4.78 is 0. The standard InChI is InChI=1S/C32H36ClN5O2/c33-29-12-6-4-8-24(29)14-15-31(39)35-22-26(20-25-21-34-30-13-7-5-11-28(25)30)36-32(40)23-37-16-18-38(19-17-37)27-9-2-1-3-10-27/h1-13,21,26,34H,14-20,22-23H2,(H,35,39)(H,36,40)/t26-/m1/s1. The first-order chi connectivity index (χ1) is 19.5. The molecule has 2 heterocycles. The number of nitrogens with one attached hydrogen (secondary N) is 3. The van der Waals surface area contributed by atoms with Crippen LogP contribution in [-0.2, 0) is 22.4 Å². The lowest BCUT2D eigenvalue weighted by Crippen LogP contribution is -2.52. The van der Waals surface area contributed by atoms with E-state index in [9.17, 15) is 9.59 Å². The normalized spacial score (nSPS) is 14.7. The second-order valence-corrected chi connectivity index (χ2v) is 10.7. The zero-order valence-electron chi connectivity index (χ0n) is 22.6. The smallest absolute Gasteiger partial charge is 0.234 e. The van der Waals surface area contributed by atoms with Gasteiger partial charge >= 0.3 is 0 Å². The van der Waals surface area contributed by atoms with Gasteiger partial charge in [-0.2, -0.15) is 0 Å². The van der Waals surface area contributed by atoms with Gasteiger partial charge in [0.25, 0.3) is 0 Å². The van der Waals surface area contributed by atoms with E-state index in [1.807, 2.05) is 54.7 Å². The highest BCUT2D eigenvalue weighted by Gasteiger charge is 2.22. The second kappa shape index (κ2) is 13.5. The topological polar surface area (TPSA) is 80.5 Å². The first kappa shape index (κ1) is 27.7. The van der Waals surface area contributed by atoms with Crippen molar-refractivity contribution in [2.24, 2.45) is 0 Å². The van der Waals surface area contributed by atoms with E-state index in [1.165, 1.54) is 5.69 Å². The molecule has 1 atom stereocenters. The van der Waals surface area contributed by atoms with Gasteiger partial charge < -0.3 is 20.5 Å². The number of aromatic nitrogens is 1. The highest BCUT2D eigenvalue weighted by molar-refractivity contribution is 6.31. The Morgan fingerprint density at radius 2 is 1.57 bits per heavy atom. The fourth-order valence-corrected chi connectivity index (χ4v) is 5.52. The molecule has 8 heteroatoms. The average molecular weight is 558 g/mol. The number of rotatable bonds is 11. The molecule has 0 unspecified atom stereocenters. The fourth-order valence-electron chi connectivity index (χ4n) is 5.29. The van der Waals surface area contributed by atoms with Crippen molar-refractivity contribution in [3.63, 3.8) is 0 Å². The van der Waals surface area contributed by atoms with Crippen molar-refractivity contribution in [1.82, 2.24) is 20.5 Å². The van der Waals surface area contributed by atoms with Crippen LogP contribution in [0.4, 0.5) is 5.69 Å². The van der Waals surface area contributed by atoms with Gasteiger partial charge in [0.2, 0.25) is 11.8 Å². The van der Waals surface area contributed by atoms with E-state index >= 15 is 0 Å². The van der Waals surface area contributed by atoms with Crippen LogP contribution in [0.2, 0.25) is 5.02 Å². The summed E-state index contributed by atoms with van der Waals surface area (Å²) >= 11 is 6.25. The number of H-pyrrole nitrogens is 1. The molecule has 7 nitrogen and oxygen atoms in total. The molecule has 0 bridgehead atoms. The number of amides is 2. The number of halogens is 1. The minimum absolute atomic E-state index is 0.0247. The Labute approximate surface area is 240 Å². The zero-order valence-corrected chi connectivity index (χ0v) is 23.4. The summed E-state index contributed by atoms with van der Waals surface area (Å²) in [5, 5.41) is 8.04. The number of anilines is 1. The van der Waals surface area contributed by atoms with Crippen molar-refractivity contribution >= 4 is 40.0 Å². The number of piperazine rings is 1. The van der Waals surface area contributed by atoms with Gasteiger partial charge in [0, 0.05) is 67.0 Å². The van der Waals surface area contributed by atoms with Gasteiger partial charge in [0.1, 0.15) is 0 Å². The van der Waals surface area contributed by atoms with Gasteiger partial charge in [-0.05, 0) is 48.2 Å². The maximum atomic E-state index is 13.2. The highest BCUT2D eigenvalue weighted by Crippen LogP contribution is 2.20. The van der Waals surface area contributed by atoms with Crippen LogP contribution in [0, 0.1) is 0 Å². The number of benzene rings is 3. The van der Waals surface area contributed by atoms with E-state index in [4.69, 9.17) is 11.6 Å². The van der Waals surface area contributed by atoms with Crippen LogP contribution >= 0.6 is 11.6 Å². The molecule has 1 aromatic heterocycles. The summed E-state index contributed by atoms with van der Waals surface area (Å²) in [6.07, 6.45) is 3.51. The summed E-state index contributed by atoms with van der Waals surface area (Å²) in [6.45, 7) is 4.12. The molecular formula is C32H36ClN5O2. The van der Waals surface area contributed by atoms with E-state index in [-0.39, 0.29) is 17.9 Å². The van der Waals surface area contributed by atoms with Crippen LogP contribution in [-0.4, -0.2) is 67.0 Å². The van der Waals surface area contributed by atoms with E-state index in [1.54, 1.807) is 0 Å². The molecule has 3 aromatic carbocycles. The van der Waals surface area contributed by atoms with Gasteiger partial charge in [-0.25, -0.2) is 0 Å². The lowest BCUT2D eigenvalue weighted by molar-refractivity contribution is -0.124. The third kappa shape index (κ3) is 7.43. The Bertz CT molecular complexity index is 1420. The molecule has 2 amide bonds. The third-order valence-electron chi connectivity index (χ3n) is 7.49. The van der Waals surface area contributed by atoms with Gasteiger partial charge in [-0.3, -0.25) is 14.5 Å². The largest absolute Gasteiger partial charge is 0.369 e. The first-order valence-corrected chi connectivity index (χ1v) is 14.3. The molecule has 208 valence electrons. The van der Waals surface area contributed by atoms with E-state index in [0.29, 0.717) is 37.4 Å². The summed E-state index contributed by atoms with van der Waals surface area (Å²) in [4.78, 5) is 33.7. The predicted molar refractivity (Wildman–Crippen MR) is 162 cm³/mol. The third-order valence-corrected chi connectivity index (χ3v) is 7.86. The monoisotopic (exact) mass is 557 g/mol. The molecule has 1 saturated heterocycles. The number of fused-ring (bicyclic) bond motifs is 1. The molecule has 1 fully saturated rings. The predicted octanol–water partition coefficient (Wildman–Crippen LogP) is 4.42. The molecule has 5 rings (SSSR count). The quantitative estimate of drug-likeness (QED) is 0.255. The number of carbonyl (C=O) groups excluding carboxylic acids is 2. The Balaban J connectivity index is 1.17. The minimum Gasteiger partial charge on any atom is -0.369 e. The van der Waals surface area contributed by atoms with Crippen molar-refractivity contribution in [1.29, 1.82) is 0 Å². The molecule has 1 aliphatic rings. The zero-order chi connectivity index (χ0) is 27.7. The Hall–Kier alpha value is -3.81.